The molecule has 1 atom stereocenters. The molecule has 2 rings (SSSR count). The third kappa shape index (κ3) is 2.61. The van der Waals surface area contributed by atoms with E-state index in [1.807, 2.05) is 6.92 Å². The maximum Gasteiger partial charge on any atom is 0.409 e. The average molecular weight is 276 g/mol. The standard InChI is InChI=1S/C11H20N2O4S/c1-2-13-8-5-10(18(13,15)16)4-7-12-6-3-9-17-11(12)14/h10H,2-9H2,1H3. The van der Waals surface area contributed by atoms with Crippen LogP contribution in [0.2, 0.25) is 0 Å². The molecule has 0 aromatic carbocycles. The molecule has 0 bridgehead atoms. The van der Waals surface area contributed by atoms with Gasteiger partial charge in [-0.25, -0.2) is 17.5 Å². The fourth-order valence-electron chi connectivity index (χ4n) is 2.51. The van der Waals surface area contributed by atoms with Gasteiger partial charge in [-0.15, -0.1) is 0 Å². The Balaban J connectivity index is 1.89. The predicted molar refractivity (Wildman–Crippen MR) is 66.7 cm³/mol. The zero-order valence-corrected chi connectivity index (χ0v) is 11.5. The molecular formula is C11H20N2O4S. The first kappa shape index (κ1) is 13.6. The number of ether oxygens (including phenoxy) is 1. The summed E-state index contributed by atoms with van der Waals surface area (Å²) >= 11 is 0. The van der Waals surface area contributed by atoms with Gasteiger partial charge in [0.2, 0.25) is 10.0 Å². The minimum atomic E-state index is -3.14. The number of amides is 1. The fraction of sp³-hybridized carbons (Fsp3) is 0.909. The maximum absolute atomic E-state index is 12.1. The molecule has 0 saturated carbocycles. The third-order valence-electron chi connectivity index (χ3n) is 3.61. The lowest BCUT2D eigenvalue weighted by atomic mass is 10.2. The van der Waals surface area contributed by atoms with Gasteiger partial charge < -0.3 is 9.64 Å². The van der Waals surface area contributed by atoms with E-state index in [1.165, 1.54) is 4.31 Å². The van der Waals surface area contributed by atoms with Crippen LogP contribution in [0.4, 0.5) is 4.79 Å². The molecule has 1 amide bonds. The molecule has 0 N–H and O–H groups in total. The zero-order valence-electron chi connectivity index (χ0n) is 10.7. The van der Waals surface area contributed by atoms with Crippen molar-refractivity contribution in [2.75, 3.05) is 32.8 Å². The van der Waals surface area contributed by atoms with E-state index < -0.39 is 10.0 Å². The predicted octanol–water partition coefficient (Wildman–Crippen LogP) is 0.643. The number of carbonyl (C=O) groups is 1. The molecule has 2 aliphatic rings. The van der Waals surface area contributed by atoms with Crippen molar-refractivity contribution in [2.45, 2.75) is 31.4 Å². The second kappa shape index (κ2) is 5.44. The van der Waals surface area contributed by atoms with Gasteiger partial charge in [0, 0.05) is 26.2 Å². The summed E-state index contributed by atoms with van der Waals surface area (Å²) in [6.45, 7) is 4.60. The highest BCUT2D eigenvalue weighted by molar-refractivity contribution is 7.90. The summed E-state index contributed by atoms with van der Waals surface area (Å²) in [5, 5.41) is -0.341. The van der Waals surface area contributed by atoms with E-state index in [9.17, 15) is 13.2 Å². The van der Waals surface area contributed by atoms with E-state index in [1.54, 1.807) is 4.90 Å². The number of nitrogens with zero attached hydrogens (tertiary/aromatic N) is 2. The van der Waals surface area contributed by atoms with Crippen LogP contribution in [0, 0.1) is 0 Å². The van der Waals surface area contributed by atoms with Gasteiger partial charge in [-0.3, -0.25) is 0 Å². The van der Waals surface area contributed by atoms with Crippen LogP contribution < -0.4 is 0 Å². The Kier molecular flexibility index (Phi) is 4.11. The number of carbonyl (C=O) groups excluding carboxylic acids is 1. The fourth-order valence-corrected chi connectivity index (χ4v) is 4.45. The summed E-state index contributed by atoms with van der Waals surface area (Å²) in [5.41, 5.74) is 0. The Morgan fingerprint density at radius 3 is 2.78 bits per heavy atom. The lowest BCUT2D eigenvalue weighted by Crippen LogP contribution is -2.40. The van der Waals surface area contributed by atoms with Crippen LogP contribution >= 0.6 is 0 Å². The van der Waals surface area contributed by atoms with E-state index >= 15 is 0 Å². The van der Waals surface area contributed by atoms with Gasteiger partial charge in [0.05, 0.1) is 11.9 Å². The van der Waals surface area contributed by atoms with Crippen molar-refractivity contribution in [1.29, 1.82) is 0 Å². The Morgan fingerprint density at radius 1 is 1.39 bits per heavy atom. The molecule has 104 valence electrons. The van der Waals surface area contributed by atoms with Gasteiger partial charge in [0.15, 0.2) is 0 Å². The highest BCUT2D eigenvalue weighted by atomic mass is 32.2. The summed E-state index contributed by atoms with van der Waals surface area (Å²) in [6, 6.07) is 0. The van der Waals surface area contributed by atoms with Gasteiger partial charge in [0.1, 0.15) is 0 Å². The molecule has 7 heteroatoms. The van der Waals surface area contributed by atoms with E-state index in [-0.39, 0.29) is 11.3 Å². The average Bonchev–Trinajstić information content (AvgIpc) is 2.63. The molecule has 2 fully saturated rings. The second-order valence-electron chi connectivity index (χ2n) is 4.69. The smallest absolute Gasteiger partial charge is 0.409 e. The first-order chi connectivity index (χ1) is 8.55. The molecule has 2 saturated heterocycles. The van der Waals surface area contributed by atoms with Gasteiger partial charge >= 0.3 is 6.09 Å². The summed E-state index contributed by atoms with van der Waals surface area (Å²) < 4.78 is 30.6. The summed E-state index contributed by atoms with van der Waals surface area (Å²) in [6.07, 6.45) is 1.68. The Labute approximate surface area is 108 Å². The van der Waals surface area contributed by atoms with Crippen LogP contribution in [0.5, 0.6) is 0 Å². The molecular weight excluding hydrogens is 256 g/mol. The van der Waals surface area contributed by atoms with Crippen LogP contribution in [-0.4, -0.2) is 61.8 Å². The van der Waals surface area contributed by atoms with Gasteiger partial charge in [-0.2, -0.15) is 0 Å². The minimum absolute atomic E-state index is 0.316. The Hall–Kier alpha value is -0.820. The van der Waals surface area contributed by atoms with Crippen molar-refractivity contribution < 1.29 is 17.9 Å². The van der Waals surface area contributed by atoms with Crippen molar-refractivity contribution in [3.8, 4) is 0 Å². The number of sulfonamides is 1. The Bertz CT molecular complexity index is 409. The molecule has 1 unspecified atom stereocenters. The van der Waals surface area contributed by atoms with E-state index in [4.69, 9.17) is 4.74 Å². The molecule has 2 aliphatic heterocycles. The summed E-state index contributed by atoms with van der Waals surface area (Å²) in [4.78, 5) is 13.0. The van der Waals surface area contributed by atoms with Crippen molar-refractivity contribution in [2.24, 2.45) is 0 Å². The number of hydrogen-bond acceptors (Lipinski definition) is 4. The van der Waals surface area contributed by atoms with Crippen LogP contribution in [0.25, 0.3) is 0 Å². The first-order valence-corrected chi connectivity index (χ1v) is 7.96. The molecule has 2 heterocycles. The number of rotatable bonds is 4. The molecule has 0 spiro atoms. The normalized spacial score (nSPS) is 28.4. The van der Waals surface area contributed by atoms with Crippen molar-refractivity contribution in [1.82, 2.24) is 9.21 Å². The van der Waals surface area contributed by atoms with Gasteiger partial charge in [0.25, 0.3) is 0 Å². The van der Waals surface area contributed by atoms with Crippen molar-refractivity contribution in [3.05, 3.63) is 0 Å². The maximum atomic E-state index is 12.1. The molecule has 0 aromatic rings. The first-order valence-electron chi connectivity index (χ1n) is 6.46. The van der Waals surface area contributed by atoms with Crippen LogP contribution in [0.15, 0.2) is 0 Å². The van der Waals surface area contributed by atoms with E-state index in [0.717, 1.165) is 6.42 Å². The van der Waals surface area contributed by atoms with E-state index in [2.05, 4.69) is 0 Å². The van der Waals surface area contributed by atoms with E-state index in [0.29, 0.717) is 45.6 Å². The topological polar surface area (TPSA) is 66.9 Å². The Morgan fingerprint density at radius 2 is 2.17 bits per heavy atom. The summed E-state index contributed by atoms with van der Waals surface area (Å²) in [7, 11) is -3.14. The quantitative estimate of drug-likeness (QED) is 0.756. The molecule has 6 nitrogen and oxygen atoms in total. The SMILES string of the molecule is CCN1CCC(CCN2CCCOC2=O)S1(=O)=O. The van der Waals surface area contributed by atoms with Crippen LogP contribution in [0.3, 0.4) is 0 Å². The lowest BCUT2D eigenvalue weighted by molar-refractivity contribution is 0.0724. The van der Waals surface area contributed by atoms with Crippen molar-refractivity contribution >= 4 is 16.1 Å². The van der Waals surface area contributed by atoms with Gasteiger partial charge in [-0.1, -0.05) is 6.92 Å². The highest BCUT2D eigenvalue weighted by Crippen LogP contribution is 2.24. The molecule has 0 radical (unpaired) electrons. The number of hydrogen-bond donors (Lipinski definition) is 0. The van der Waals surface area contributed by atoms with Gasteiger partial charge in [-0.05, 0) is 19.3 Å². The number of cyclic esters (lactones) is 1. The lowest BCUT2D eigenvalue weighted by Gasteiger charge is -2.27. The van der Waals surface area contributed by atoms with Crippen molar-refractivity contribution in [3.63, 3.8) is 0 Å². The third-order valence-corrected chi connectivity index (χ3v) is 6.09. The minimum Gasteiger partial charge on any atom is -0.449 e. The highest BCUT2D eigenvalue weighted by Gasteiger charge is 2.37. The molecule has 18 heavy (non-hydrogen) atoms. The van der Waals surface area contributed by atoms with Crippen LogP contribution in [-0.2, 0) is 14.8 Å². The monoisotopic (exact) mass is 276 g/mol. The second-order valence-corrected chi connectivity index (χ2v) is 6.90. The van der Waals surface area contributed by atoms with Crippen LogP contribution in [0.1, 0.15) is 26.2 Å². The summed E-state index contributed by atoms with van der Waals surface area (Å²) in [5.74, 6) is 0. The largest absolute Gasteiger partial charge is 0.449 e. The molecule has 0 aliphatic carbocycles. The zero-order chi connectivity index (χ0) is 13.2. The molecule has 0 aromatic heterocycles.